The lowest BCUT2D eigenvalue weighted by molar-refractivity contribution is -0.120. The molecule has 6 N–H and O–H groups in total. The van der Waals surface area contributed by atoms with Crippen LogP contribution in [0.3, 0.4) is 0 Å². The van der Waals surface area contributed by atoms with Crippen LogP contribution in [0.2, 0.25) is 0 Å². The van der Waals surface area contributed by atoms with Gasteiger partial charge in [0.2, 0.25) is 16.9 Å². The van der Waals surface area contributed by atoms with Crippen molar-refractivity contribution in [3.8, 4) is 0 Å². The van der Waals surface area contributed by atoms with Crippen LogP contribution >= 0.6 is 11.3 Å². The van der Waals surface area contributed by atoms with Crippen LogP contribution in [0.5, 0.6) is 0 Å². The molecule has 202 valence electrons. The molecule has 0 spiro atoms. The number of hydrazine groups is 1. The lowest BCUT2D eigenvalue weighted by Crippen LogP contribution is -2.42. The number of aromatic nitrogens is 2. The minimum Gasteiger partial charge on any atom is -0.398 e. The molecule has 4 rings (SSSR count). The van der Waals surface area contributed by atoms with Crippen LogP contribution in [0.15, 0.2) is 72.2 Å². The summed E-state index contributed by atoms with van der Waals surface area (Å²) >= 11 is 1.37. The van der Waals surface area contributed by atoms with Crippen LogP contribution in [0, 0.1) is 5.41 Å². The van der Waals surface area contributed by atoms with Gasteiger partial charge in [-0.15, -0.1) is 10.2 Å². The van der Waals surface area contributed by atoms with E-state index >= 15 is 0 Å². The highest BCUT2D eigenvalue weighted by atomic mass is 32.1. The smallest absolute Gasteiger partial charge is 0.230 e. The van der Waals surface area contributed by atoms with Crippen molar-refractivity contribution >= 4 is 40.2 Å². The fourth-order valence-electron chi connectivity index (χ4n) is 4.13. The maximum Gasteiger partial charge on any atom is 0.230 e. The van der Waals surface area contributed by atoms with Crippen LogP contribution in [0.1, 0.15) is 41.0 Å². The standard InChI is InChI=1S/C28H32N8O2S/c1-36-24(31-25(37)16-19-8-3-2-4-9-19)15-14-21(35-36)11-5-6-13-27-33-34-28(39-27)32-26(38)17-20-10-7-12-23(30)22(20)18-29/h2-4,7-10,12,14-15,18,29,35H,5-6,11,13,16-17,30H2,1H3,(H,31,37)(H,32,34,38). The fourth-order valence-corrected chi connectivity index (χ4v) is 4.93. The second-order valence-corrected chi connectivity index (χ2v) is 10.2. The fraction of sp³-hybridized carbons (Fsp3) is 0.250. The van der Waals surface area contributed by atoms with Gasteiger partial charge in [0, 0.05) is 36.6 Å². The van der Waals surface area contributed by atoms with Gasteiger partial charge in [0.25, 0.3) is 0 Å². The predicted molar refractivity (Wildman–Crippen MR) is 154 cm³/mol. The number of nitrogen functional groups attached to an aromatic ring is 1. The van der Waals surface area contributed by atoms with Gasteiger partial charge in [-0.25, -0.2) is 0 Å². The molecule has 0 fully saturated rings. The number of unbranched alkanes of at least 4 members (excludes halogenated alkanes) is 1. The molecule has 10 nitrogen and oxygen atoms in total. The molecule has 1 aromatic heterocycles. The molecule has 3 aromatic rings. The molecule has 2 amide bonds. The zero-order chi connectivity index (χ0) is 27.6. The van der Waals surface area contributed by atoms with Gasteiger partial charge in [-0.2, -0.15) is 0 Å². The third-order valence-electron chi connectivity index (χ3n) is 6.12. The number of nitrogens with two attached hydrogens (primary N) is 1. The number of carbonyl (C=O) groups is 2. The number of nitrogens with one attached hydrogen (secondary N) is 4. The van der Waals surface area contributed by atoms with Crippen LogP contribution in [-0.4, -0.2) is 40.3 Å². The zero-order valence-electron chi connectivity index (χ0n) is 21.7. The first-order chi connectivity index (χ1) is 18.9. The second-order valence-electron chi connectivity index (χ2n) is 9.12. The maximum absolute atomic E-state index is 12.5. The topological polar surface area (TPSA) is 149 Å². The van der Waals surface area contributed by atoms with E-state index in [0.29, 0.717) is 34.2 Å². The molecule has 0 atom stereocenters. The zero-order valence-corrected chi connectivity index (χ0v) is 22.6. The van der Waals surface area contributed by atoms with Crippen molar-refractivity contribution in [2.75, 3.05) is 18.1 Å². The lowest BCUT2D eigenvalue weighted by atomic mass is 10.0. The number of allylic oxidation sites excluding steroid dienone is 3. The van der Waals surface area contributed by atoms with Crippen molar-refractivity contribution in [3.63, 3.8) is 0 Å². The number of hydrogen-bond donors (Lipinski definition) is 5. The Labute approximate surface area is 231 Å². The Morgan fingerprint density at radius 2 is 1.77 bits per heavy atom. The molecule has 0 aliphatic carbocycles. The first kappa shape index (κ1) is 27.5. The van der Waals surface area contributed by atoms with Gasteiger partial charge in [0.1, 0.15) is 10.8 Å². The molecule has 0 radical (unpaired) electrons. The average molecular weight is 545 g/mol. The maximum atomic E-state index is 12.5. The Balaban J connectivity index is 1.19. The highest BCUT2D eigenvalue weighted by Gasteiger charge is 2.15. The average Bonchev–Trinajstić information content (AvgIpc) is 3.35. The minimum absolute atomic E-state index is 0.0635. The van der Waals surface area contributed by atoms with Crippen molar-refractivity contribution in [3.05, 3.63) is 93.9 Å². The summed E-state index contributed by atoms with van der Waals surface area (Å²) in [7, 11) is 1.87. The third kappa shape index (κ3) is 7.99. The molecule has 0 unspecified atom stereocenters. The van der Waals surface area contributed by atoms with E-state index in [9.17, 15) is 9.59 Å². The number of nitrogens with zero attached hydrogens (tertiary/aromatic N) is 3. The highest BCUT2D eigenvalue weighted by Crippen LogP contribution is 2.20. The van der Waals surface area contributed by atoms with E-state index in [1.807, 2.05) is 54.5 Å². The van der Waals surface area contributed by atoms with Crippen LogP contribution in [-0.2, 0) is 28.9 Å². The summed E-state index contributed by atoms with van der Waals surface area (Å²) in [6.45, 7) is 0. The summed E-state index contributed by atoms with van der Waals surface area (Å²) in [6, 6.07) is 14.9. The summed E-state index contributed by atoms with van der Waals surface area (Å²) in [6.07, 6.45) is 8.97. The van der Waals surface area contributed by atoms with E-state index in [1.54, 1.807) is 18.2 Å². The molecule has 0 saturated carbocycles. The predicted octanol–water partition coefficient (Wildman–Crippen LogP) is 3.55. The summed E-state index contributed by atoms with van der Waals surface area (Å²) in [4.78, 5) is 24.8. The van der Waals surface area contributed by atoms with Gasteiger partial charge in [-0.1, -0.05) is 53.8 Å². The monoisotopic (exact) mass is 544 g/mol. The van der Waals surface area contributed by atoms with Gasteiger partial charge in [-0.05, 0) is 48.6 Å². The van der Waals surface area contributed by atoms with Gasteiger partial charge < -0.3 is 27.2 Å². The Bertz CT molecular complexity index is 1380. The summed E-state index contributed by atoms with van der Waals surface area (Å²) in [5.41, 5.74) is 13.0. The summed E-state index contributed by atoms with van der Waals surface area (Å²) in [5, 5.41) is 24.7. The number of aryl methyl sites for hydroxylation is 1. The van der Waals surface area contributed by atoms with E-state index in [-0.39, 0.29) is 18.2 Å². The van der Waals surface area contributed by atoms with Gasteiger partial charge in [0.15, 0.2) is 0 Å². The minimum atomic E-state index is -0.227. The molecule has 1 aliphatic rings. The summed E-state index contributed by atoms with van der Waals surface area (Å²) in [5.74, 6) is 0.411. The number of benzene rings is 2. The Kier molecular flexibility index (Phi) is 9.41. The molecular weight excluding hydrogens is 512 g/mol. The van der Waals surface area contributed by atoms with E-state index in [1.165, 1.54) is 11.3 Å². The van der Waals surface area contributed by atoms with Crippen LogP contribution in [0.25, 0.3) is 0 Å². The van der Waals surface area contributed by atoms with Crippen LogP contribution in [0.4, 0.5) is 10.8 Å². The first-order valence-corrected chi connectivity index (χ1v) is 13.5. The number of anilines is 2. The molecule has 0 saturated heterocycles. The third-order valence-corrected chi connectivity index (χ3v) is 7.01. The number of carbonyl (C=O) groups excluding carboxylic acids is 2. The van der Waals surface area contributed by atoms with Crippen molar-refractivity contribution in [2.45, 2.75) is 38.5 Å². The Morgan fingerprint density at radius 3 is 2.54 bits per heavy atom. The highest BCUT2D eigenvalue weighted by molar-refractivity contribution is 7.15. The molecule has 0 bridgehead atoms. The Hall–Kier alpha value is -4.51. The molecule has 11 heteroatoms. The molecule has 2 heterocycles. The van der Waals surface area contributed by atoms with E-state index in [4.69, 9.17) is 11.1 Å². The van der Waals surface area contributed by atoms with E-state index in [2.05, 4.69) is 26.3 Å². The van der Waals surface area contributed by atoms with E-state index in [0.717, 1.165) is 48.2 Å². The lowest BCUT2D eigenvalue weighted by Gasteiger charge is -2.29. The molecular formula is C28H32N8O2S. The van der Waals surface area contributed by atoms with Crippen molar-refractivity contribution in [2.24, 2.45) is 0 Å². The van der Waals surface area contributed by atoms with Crippen molar-refractivity contribution in [1.29, 1.82) is 5.41 Å². The second kappa shape index (κ2) is 13.3. The SMILES string of the molecule is CN1NC(CCCCc2nnc(NC(=O)Cc3cccc(N)c3C=N)s2)=CC=C1NC(=O)Cc1ccccc1. The first-order valence-electron chi connectivity index (χ1n) is 12.7. The molecule has 39 heavy (non-hydrogen) atoms. The molecule has 2 aromatic carbocycles. The Morgan fingerprint density at radius 1 is 1.00 bits per heavy atom. The normalized spacial score (nSPS) is 12.7. The van der Waals surface area contributed by atoms with Gasteiger partial charge in [0.05, 0.1) is 12.8 Å². The van der Waals surface area contributed by atoms with Crippen LogP contribution < -0.4 is 21.8 Å². The quantitative estimate of drug-likeness (QED) is 0.133. The summed E-state index contributed by atoms with van der Waals surface area (Å²) < 4.78 is 0. The van der Waals surface area contributed by atoms with Gasteiger partial charge in [-0.3, -0.25) is 14.6 Å². The molecule has 1 aliphatic heterocycles. The van der Waals surface area contributed by atoms with E-state index < -0.39 is 0 Å². The number of amides is 2. The van der Waals surface area contributed by atoms with Gasteiger partial charge >= 0.3 is 0 Å². The number of hydrogen-bond acceptors (Lipinski definition) is 9. The largest absolute Gasteiger partial charge is 0.398 e. The van der Waals surface area contributed by atoms with Crippen molar-refractivity contribution < 1.29 is 9.59 Å². The number of rotatable bonds is 12. The van der Waals surface area contributed by atoms with Crippen molar-refractivity contribution in [1.82, 2.24) is 25.9 Å².